The number of rotatable bonds is 6. The average molecular weight is 318 g/mol. The van der Waals surface area contributed by atoms with Gasteiger partial charge in [-0.15, -0.1) is 0 Å². The van der Waals surface area contributed by atoms with Crippen molar-refractivity contribution >= 4 is 11.9 Å². The van der Waals surface area contributed by atoms with Crippen LogP contribution in [0.2, 0.25) is 0 Å². The van der Waals surface area contributed by atoms with E-state index in [1.165, 1.54) is 11.1 Å². The van der Waals surface area contributed by atoms with Crippen LogP contribution in [0.25, 0.3) is 0 Å². The third kappa shape index (κ3) is 4.79. The molecule has 1 aromatic carbocycles. The van der Waals surface area contributed by atoms with Crippen molar-refractivity contribution in [2.24, 2.45) is 5.92 Å². The molecule has 0 spiro atoms. The van der Waals surface area contributed by atoms with E-state index in [0.717, 1.165) is 19.4 Å². The van der Waals surface area contributed by atoms with Crippen molar-refractivity contribution < 1.29 is 14.7 Å². The number of carboxylic acid groups (broad SMARTS) is 1. The Bertz CT molecular complexity index is 559. The van der Waals surface area contributed by atoms with Gasteiger partial charge in [0, 0.05) is 13.1 Å². The molecule has 2 rings (SSSR count). The van der Waals surface area contributed by atoms with Gasteiger partial charge in [-0.25, -0.2) is 0 Å². The molecule has 0 saturated carbocycles. The van der Waals surface area contributed by atoms with Crippen LogP contribution in [0.5, 0.6) is 0 Å². The molecule has 2 N–H and O–H groups in total. The Morgan fingerprint density at radius 2 is 2.13 bits per heavy atom. The van der Waals surface area contributed by atoms with Crippen molar-refractivity contribution in [2.45, 2.75) is 39.2 Å². The maximum absolute atomic E-state index is 12.3. The van der Waals surface area contributed by atoms with Crippen molar-refractivity contribution in [3.63, 3.8) is 0 Å². The highest BCUT2D eigenvalue weighted by molar-refractivity contribution is 5.81. The number of likely N-dealkylation sites (tertiary alicyclic amines) is 1. The normalized spacial score (nSPS) is 20.0. The van der Waals surface area contributed by atoms with Crippen LogP contribution in [0, 0.1) is 12.8 Å². The minimum Gasteiger partial charge on any atom is -0.481 e. The lowest BCUT2D eigenvalue weighted by Gasteiger charge is -2.34. The van der Waals surface area contributed by atoms with Crippen molar-refractivity contribution in [3.8, 4) is 0 Å². The highest BCUT2D eigenvalue weighted by Crippen LogP contribution is 2.18. The molecule has 5 heteroatoms. The highest BCUT2D eigenvalue weighted by atomic mass is 16.4. The number of piperidine rings is 1. The number of benzene rings is 1. The van der Waals surface area contributed by atoms with Crippen LogP contribution < -0.4 is 5.32 Å². The number of nitrogens with one attached hydrogen (secondary N) is 1. The van der Waals surface area contributed by atoms with Crippen LogP contribution in [-0.2, 0) is 16.0 Å². The Morgan fingerprint density at radius 3 is 2.83 bits per heavy atom. The number of aryl methyl sites for hydroxylation is 1. The van der Waals surface area contributed by atoms with E-state index >= 15 is 0 Å². The molecule has 0 aliphatic carbocycles. The van der Waals surface area contributed by atoms with Crippen molar-refractivity contribution in [2.75, 3.05) is 19.6 Å². The van der Waals surface area contributed by atoms with Gasteiger partial charge in [-0.2, -0.15) is 0 Å². The lowest BCUT2D eigenvalue weighted by molar-refractivity contribution is -0.145. The Morgan fingerprint density at radius 1 is 1.39 bits per heavy atom. The Balaban J connectivity index is 1.81. The minimum absolute atomic E-state index is 0.0235. The van der Waals surface area contributed by atoms with Crippen LogP contribution in [0.3, 0.4) is 0 Å². The summed E-state index contributed by atoms with van der Waals surface area (Å²) in [6.07, 6.45) is 2.34. The molecule has 1 aromatic rings. The number of carbonyl (C=O) groups excluding carboxylic acids is 1. The first kappa shape index (κ1) is 17.5. The molecule has 2 atom stereocenters. The minimum atomic E-state index is -0.762. The SMILES string of the molecule is Cc1ccccc1CCNC(=O)C(C)N1CCCC(C(=O)O)C1. The molecule has 5 nitrogen and oxygen atoms in total. The zero-order chi connectivity index (χ0) is 16.8. The van der Waals surface area contributed by atoms with Crippen molar-refractivity contribution in [1.29, 1.82) is 0 Å². The molecule has 2 unspecified atom stereocenters. The smallest absolute Gasteiger partial charge is 0.307 e. The highest BCUT2D eigenvalue weighted by Gasteiger charge is 2.30. The Hall–Kier alpha value is -1.88. The summed E-state index contributed by atoms with van der Waals surface area (Å²) in [5, 5.41) is 12.1. The predicted octanol–water partition coefficient (Wildman–Crippen LogP) is 1.84. The first-order valence-electron chi connectivity index (χ1n) is 8.28. The number of carbonyl (C=O) groups is 2. The Kier molecular flexibility index (Phi) is 6.16. The third-order valence-electron chi connectivity index (χ3n) is 4.68. The second kappa shape index (κ2) is 8.11. The second-order valence-corrected chi connectivity index (χ2v) is 6.32. The number of amides is 1. The number of hydrogen-bond donors (Lipinski definition) is 2. The maximum Gasteiger partial charge on any atom is 0.307 e. The standard InChI is InChI=1S/C18H26N2O3/c1-13-6-3-4-7-15(13)9-10-19-17(21)14(2)20-11-5-8-16(12-20)18(22)23/h3-4,6-7,14,16H,5,8-12H2,1-2H3,(H,19,21)(H,22,23). The molecule has 1 fully saturated rings. The lowest BCUT2D eigenvalue weighted by atomic mass is 9.97. The molecule has 23 heavy (non-hydrogen) atoms. The number of aliphatic carboxylic acids is 1. The van der Waals surface area contributed by atoms with Gasteiger partial charge < -0.3 is 10.4 Å². The summed E-state index contributed by atoms with van der Waals surface area (Å²) >= 11 is 0. The van der Waals surface area contributed by atoms with Crippen molar-refractivity contribution in [1.82, 2.24) is 10.2 Å². The fraction of sp³-hybridized carbons (Fsp3) is 0.556. The van der Waals surface area contributed by atoms with E-state index < -0.39 is 5.97 Å². The van der Waals surface area contributed by atoms with Gasteiger partial charge in [0.15, 0.2) is 0 Å². The van der Waals surface area contributed by atoms with Crippen molar-refractivity contribution in [3.05, 3.63) is 35.4 Å². The van der Waals surface area contributed by atoms with Gasteiger partial charge in [0.2, 0.25) is 5.91 Å². The third-order valence-corrected chi connectivity index (χ3v) is 4.68. The zero-order valence-electron chi connectivity index (χ0n) is 13.9. The largest absolute Gasteiger partial charge is 0.481 e. The van der Waals surface area contributed by atoms with Gasteiger partial charge in [-0.05, 0) is 50.8 Å². The molecule has 0 aromatic heterocycles. The van der Waals surface area contributed by atoms with Gasteiger partial charge >= 0.3 is 5.97 Å². The molecule has 1 aliphatic heterocycles. The quantitative estimate of drug-likeness (QED) is 0.840. The second-order valence-electron chi connectivity index (χ2n) is 6.32. The van der Waals surface area contributed by atoms with Crippen LogP contribution in [-0.4, -0.2) is 47.6 Å². The van der Waals surface area contributed by atoms with Gasteiger partial charge in [-0.1, -0.05) is 24.3 Å². The van der Waals surface area contributed by atoms with Crippen LogP contribution in [0.1, 0.15) is 30.9 Å². The fourth-order valence-electron chi connectivity index (χ4n) is 3.08. The summed E-state index contributed by atoms with van der Waals surface area (Å²) in [5.41, 5.74) is 2.47. The molecule has 126 valence electrons. The predicted molar refractivity (Wildman–Crippen MR) is 89.3 cm³/mol. The van der Waals surface area contributed by atoms with E-state index in [2.05, 4.69) is 24.4 Å². The average Bonchev–Trinajstić information content (AvgIpc) is 2.56. The molecular formula is C18H26N2O3. The van der Waals surface area contributed by atoms with E-state index in [4.69, 9.17) is 5.11 Å². The maximum atomic E-state index is 12.3. The van der Waals surface area contributed by atoms with E-state index in [1.54, 1.807) is 0 Å². The number of carboxylic acids is 1. The van der Waals surface area contributed by atoms with Crippen LogP contribution >= 0.6 is 0 Å². The first-order valence-corrected chi connectivity index (χ1v) is 8.28. The number of hydrogen-bond acceptors (Lipinski definition) is 3. The summed E-state index contributed by atoms with van der Waals surface area (Å²) in [6.45, 7) is 5.77. The summed E-state index contributed by atoms with van der Waals surface area (Å²) in [4.78, 5) is 25.4. The van der Waals surface area contributed by atoms with E-state index in [9.17, 15) is 9.59 Å². The van der Waals surface area contributed by atoms with Gasteiger partial charge in [0.1, 0.15) is 0 Å². The summed E-state index contributed by atoms with van der Waals surface area (Å²) in [5.74, 6) is -1.14. The molecule has 1 aliphatic rings. The van der Waals surface area contributed by atoms with E-state index in [0.29, 0.717) is 19.5 Å². The monoisotopic (exact) mass is 318 g/mol. The molecule has 0 bridgehead atoms. The van der Waals surface area contributed by atoms with Gasteiger partial charge in [-0.3, -0.25) is 14.5 Å². The summed E-state index contributed by atoms with van der Waals surface area (Å²) < 4.78 is 0. The van der Waals surface area contributed by atoms with Gasteiger partial charge in [0.05, 0.1) is 12.0 Å². The molecule has 1 amide bonds. The van der Waals surface area contributed by atoms with Crippen LogP contribution in [0.15, 0.2) is 24.3 Å². The van der Waals surface area contributed by atoms with Gasteiger partial charge in [0.25, 0.3) is 0 Å². The van der Waals surface area contributed by atoms with E-state index in [1.807, 2.05) is 24.0 Å². The molecule has 1 heterocycles. The number of nitrogens with zero attached hydrogens (tertiary/aromatic N) is 1. The lowest BCUT2D eigenvalue weighted by Crippen LogP contribution is -2.50. The van der Waals surface area contributed by atoms with Crippen LogP contribution in [0.4, 0.5) is 0 Å². The zero-order valence-corrected chi connectivity index (χ0v) is 13.9. The Labute approximate surface area is 137 Å². The van der Waals surface area contributed by atoms with E-state index in [-0.39, 0.29) is 17.9 Å². The molecule has 0 radical (unpaired) electrons. The first-order chi connectivity index (χ1) is 11.0. The summed E-state index contributed by atoms with van der Waals surface area (Å²) in [6, 6.07) is 7.88. The molecule has 1 saturated heterocycles. The topological polar surface area (TPSA) is 69.6 Å². The molecular weight excluding hydrogens is 292 g/mol. The summed E-state index contributed by atoms with van der Waals surface area (Å²) in [7, 11) is 0. The fourth-order valence-corrected chi connectivity index (χ4v) is 3.08.